The Balaban J connectivity index is 4.95. The Kier molecular flexibility index (Phi) is 7.63. The van der Waals surface area contributed by atoms with E-state index in [-0.39, 0.29) is 0 Å². The Labute approximate surface area is 114 Å². The van der Waals surface area contributed by atoms with E-state index in [9.17, 15) is 14.7 Å². The minimum absolute atomic E-state index is 0.360. The van der Waals surface area contributed by atoms with E-state index in [1.165, 1.54) is 19.1 Å². The second kappa shape index (κ2) is 8.12. The molecular formula is C13H25NO5. The van der Waals surface area contributed by atoms with Crippen molar-refractivity contribution < 1.29 is 24.2 Å². The molecule has 0 aliphatic heterocycles. The van der Waals surface area contributed by atoms with Gasteiger partial charge in [-0.2, -0.15) is 0 Å². The topological polar surface area (TPSA) is 76.1 Å². The maximum Gasteiger partial charge on any atom is 0.316 e. The summed E-state index contributed by atoms with van der Waals surface area (Å²) in [7, 11) is 3.08. The van der Waals surface area contributed by atoms with Gasteiger partial charge in [-0.25, -0.2) is 0 Å². The maximum absolute atomic E-state index is 12.4. The molecule has 0 fully saturated rings. The highest BCUT2D eigenvalue weighted by atomic mass is 16.5. The minimum atomic E-state index is -1.10. The first kappa shape index (κ1) is 17.9. The molecular weight excluding hydrogens is 250 g/mol. The summed E-state index contributed by atoms with van der Waals surface area (Å²) < 4.78 is 9.89. The van der Waals surface area contributed by atoms with Gasteiger partial charge < -0.3 is 19.5 Å². The Morgan fingerprint density at radius 1 is 1.11 bits per heavy atom. The lowest BCUT2D eigenvalue weighted by Crippen LogP contribution is -2.47. The maximum atomic E-state index is 12.4. The molecule has 6 heteroatoms. The number of ether oxygens (including phenoxy) is 2. The van der Waals surface area contributed by atoms with Crippen molar-refractivity contribution in [1.82, 2.24) is 4.90 Å². The van der Waals surface area contributed by atoms with Gasteiger partial charge in [-0.05, 0) is 5.41 Å². The van der Waals surface area contributed by atoms with Crippen molar-refractivity contribution in [3.8, 4) is 0 Å². The standard InChI is InChI=1S/C13H25NO5/c1-13(2,3)10(12(16)17)11(15)14(6-8-18-4)7-9-19-5/h10H,6-9H2,1-5H3,(H,16,17). The average molecular weight is 275 g/mol. The lowest BCUT2D eigenvalue weighted by molar-refractivity contribution is -0.156. The molecule has 0 rings (SSSR count). The molecule has 0 aliphatic carbocycles. The van der Waals surface area contributed by atoms with Crippen LogP contribution in [0.15, 0.2) is 0 Å². The first-order valence-corrected chi connectivity index (χ1v) is 6.25. The number of hydrogen-bond acceptors (Lipinski definition) is 4. The van der Waals surface area contributed by atoms with Crippen molar-refractivity contribution in [2.24, 2.45) is 11.3 Å². The number of carboxylic acids is 1. The van der Waals surface area contributed by atoms with Gasteiger partial charge >= 0.3 is 5.97 Å². The molecule has 0 heterocycles. The van der Waals surface area contributed by atoms with E-state index in [4.69, 9.17) is 9.47 Å². The van der Waals surface area contributed by atoms with Gasteiger partial charge in [-0.1, -0.05) is 20.8 Å². The van der Waals surface area contributed by atoms with E-state index < -0.39 is 23.2 Å². The second-order valence-corrected chi connectivity index (χ2v) is 5.45. The highest BCUT2D eigenvalue weighted by molar-refractivity contribution is 5.97. The number of methoxy groups -OCH3 is 2. The number of aliphatic carboxylic acids is 1. The van der Waals surface area contributed by atoms with Crippen molar-refractivity contribution in [2.45, 2.75) is 20.8 Å². The molecule has 0 aliphatic rings. The van der Waals surface area contributed by atoms with Crippen LogP contribution >= 0.6 is 0 Å². The van der Waals surface area contributed by atoms with Crippen LogP contribution in [0.3, 0.4) is 0 Å². The second-order valence-electron chi connectivity index (χ2n) is 5.45. The number of carbonyl (C=O) groups excluding carboxylic acids is 1. The summed E-state index contributed by atoms with van der Waals surface area (Å²) in [6.07, 6.45) is 0. The highest BCUT2D eigenvalue weighted by Gasteiger charge is 2.39. The number of amides is 1. The van der Waals surface area contributed by atoms with Crippen LogP contribution in [-0.4, -0.2) is 62.4 Å². The van der Waals surface area contributed by atoms with E-state index >= 15 is 0 Å². The zero-order chi connectivity index (χ0) is 15.1. The fourth-order valence-electron chi connectivity index (χ4n) is 1.76. The van der Waals surface area contributed by atoms with Crippen LogP contribution in [-0.2, 0) is 19.1 Å². The fourth-order valence-corrected chi connectivity index (χ4v) is 1.76. The van der Waals surface area contributed by atoms with Crippen LogP contribution in [0.2, 0.25) is 0 Å². The normalized spacial score (nSPS) is 13.1. The summed E-state index contributed by atoms with van der Waals surface area (Å²) in [6.45, 7) is 6.69. The molecule has 112 valence electrons. The molecule has 1 amide bonds. The summed E-state index contributed by atoms with van der Waals surface area (Å²) in [4.78, 5) is 25.2. The van der Waals surface area contributed by atoms with Crippen molar-refractivity contribution in [1.29, 1.82) is 0 Å². The molecule has 0 radical (unpaired) electrons. The molecule has 0 saturated heterocycles. The van der Waals surface area contributed by atoms with Crippen molar-refractivity contribution in [3.63, 3.8) is 0 Å². The van der Waals surface area contributed by atoms with Crippen LogP contribution in [0.4, 0.5) is 0 Å². The lowest BCUT2D eigenvalue weighted by atomic mass is 9.80. The highest BCUT2D eigenvalue weighted by Crippen LogP contribution is 2.28. The summed E-state index contributed by atoms with van der Waals surface area (Å²) in [5.41, 5.74) is -0.638. The molecule has 1 unspecified atom stereocenters. The molecule has 0 aromatic heterocycles. The Hall–Kier alpha value is -1.14. The van der Waals surface area contributed by atoms with Gasteiger partial charge in [0, 0.05) is 27.3 Å². The SMILES string of the molecule is COCCN(CCOC)C(=O)C(C(=O)O)C(C)(C)C. The summed E-state index contributed by atoms with van der Waals surface area (Å²) in [5.74, 6) is -2.56. The lowest BCUT2D eigenvalue weighted by Gasteiger charge is -2.31. The Morgan fingerprint density at radius 2 is 1.53 bits per heavy atom. The number of rotatable bonds is 8. The predicted octanol–water partition coefficient (Wildman–Crippen LogP) is 0.855. The van der Waals surface area contributed by atoms with E-state index in [1.807, 2.05) is 0 Å². The Morgan fingerprint density at radius 3 is 1.79 bits per heavy atom. The summed E-state index contributed by atoms with van der Waals surface area (Å²) in [6, 6.07) is 0. The summed E-state index contributed by atoms with van der Waals surface area (Å²) >= 11 is 0. The van der Waals surface area contributed by atoms with Gasteiger partial charge in [0.1, 0.15) is 5.92 Å². The van der Waals surface area contributed by atoms with Crippen LogP contribution in [0, 0.1) is 11.3 Å². The first-order chi connectivity index (χ1) is 8.75. The predicted molar refractivity (Wildman–Crippen MR) is 70.9 cm³/mol. The van der Waals surface area contributed by atoms with Crippen molar-refractivity contribution in [3.05, 3.63) is 0 Å². The molecule has 6 nitrogen and oxygen atoms in total. The van der Waals surface area contributed by atoms with Crippen molar-refractivity contribution >= 4 is 11.9 Å². The molecule has 0 bridgehead atoms. The van der Waals surface area contributed by atoms with E-state index in [0.717, 1.165) is 0 Å². The molecule has 0 aromatic carbocycles. The smallest absolute Gasteiger partial charge is 0.316 e. The molecule has 19 heavy (non-hydrogen) atoms. The monoisotopic (exact) mass is 275 g/mol. The number of carboxylic acid groups (broad SMARTS) is 1. The third-order valence-electron chi connectivity index (χ3n) is 2.80. The van der Waals surface area contributed by atoms with Gasteiger partial charge in [0.25, 0.3) is 0 Å². The van der Waals surface area contributed by atoms with E-state index in [2.05, 4.69) is 0 Å². The van der Waals surface area contributed by atoms with Gasteiger partial charge in [0.05, 0.1) is 13.2 Å². The molecule has 1 N–H and O–H groups in total. The van der Waals surface area contributed by atoms with E-state index in [1.54, 1.807) is 20.8 Å². The van der Waals surface area contributed by atoms with Crippen LogP contribution in [0.5, 0.6) is 0 Å². The van der Waals surface area contributed by atoms with Crippen LogP contribution in [0.1, 0.15) is 20.8 Å². The number of hydrogen-bond donors (Lipinski definition) is 1. The quantitative estimate of drug-likeness (QED) is 0.665. The minimum Gasteiger partial charge on any atom is -0.481 e. The van der Waals surface area contributed by atoms with E-state index in [0.29, 0.717) is 26.3 Å². The first-order valence-electron chi connectivity index (χ1n) is 6.25. The van der Waals surface area contributed by atoms with Crippen molar-refractivity contribution in [2.75, 3.05) is 40.5 Å². The third kappa shape index (κ3) is 6.02. The third-order valence-corrected chi connectivity index (χ3v) is 2.80. The number of carbonyl (C=O) groups is 2. The fraction of sp³-hybridized carbons (Fsp3) is 0.846. The zero-order valence-corrected chi connectivity index (χ0v) is 12.4. The largest absolute Gasteiger partial charge is 0.481 e. The van der Waals surface area contributed by atoms with Crippen LogP contribution < -0.4 is 0 Å². The number of nitrogens with zero attached hydrogens (tertiary/aromatic N) is 1. The Bertz CT molecular complexity index is 290. The molecule has 1 atom stereocenters. The van der Waals surface area contributed by atoms with Crippen LogP contribution in [0.25, 0.3) is 0 Å². The molecule has 0 spiro atoms. The average Bonchev–Trinajstić information content (AvgIpc) is 2.26. The van der Waals surface area contributed by atoms with Gasteiger partial charge in [-0.15, -0.1) is 0 Å². The molecule has 0 aromatic rings. The molecule has 0 saturated carbocycles. The van der Waals surface area contributed by atoms with Gasteiger partial charge in [0.2, 0.25) is 5.91 Å². The van der Waals surface area contributed by atoms with Gasteiger partial charge in [0.15, 0.2) is 0 Å². The summed E-state index contributed by atoms with van der Waals surface area (Å²) in [5, 5.41) is 9.27. The van der Waals surface area contributed by atoms with Gasteiger partial charge in [-0.3, -0.25) is 9.59 Å². The zero-order valence-electron chi connectivity index (χ0n) is 12.4.